The monoisotopic (exact) mass is 238 g/mol. The van der Waals surface area contributed by atoms with Gasteiger partial charge in [0, 0.05) is 0 Å². The minimum atomic E-state index is 0.398. The molecule has 1 N–H and O–H groups in total. The SMILES string of the molecule is Oc1ccc2c(c1)CC[C@H](Cc1ccccc1)C2. The van der Waals surface area contributed by atoms with Crippen molar-refractivity contribution in [3.8, 4) is 5.75 Å². The number of hydrogen-bond acceptors (Lipinski definition) is 1. The molecule has 1 nitrogen and oxygen atoms in total. The van der Waals surface area contributed by atoms with E-state index >= 15 is 0 Å². The zero-order valence-electron chi connectivity index (χ0n) is 10.5. The van der Waals surface area contributed by atoms with Crippen LogP contribution in [0.25, 0.3) is 0 Å². The van der Waals surface area contributed by atoms with Crippen LogP contribution in [0.4, 0.5) is 0 Å². The maximum absolute atomic E-state index is 9.49. The smallest absolute Gasteiger partial charge is 0.115 e. The first-order valence-electron chi connectivity index (χ1n) is 6.66. The van der Waals surface area contributed by atoms with Gasteiger partial charge in [-0.05, 0) is 60.4 Å². The van der Waals surface area contributed by atoms with Crippen molar-refractivity contribution < 1.29 is 5.11 Å². The average molecular weight is 238 g/mol. The Morgan fingerprint density at radius 2 is 1.83 bits per heavy atom. The van der Waals surface area contributed by atoms with E-state index in [1.165, 1.54) is 29.5 Å². The molecule has 0 bridgehead atoms. The van der Waals surface area contributed by atoms with Crippen LogP contribution in [0.1, 0.15) is 23.1 Å². The standard InChI is InChI=1S/C17H18O/c18-17-9-8-15-11-14(6-7-16(15)12-17)10-13-4-2-1-3-5-13/h1-5,8-9,12,14,18H,6-7,10-11H2/t14-/m1/s1. The Labute approximate surface area is 108 Å². The van der Waals surface area contributed by atoms with Gasteiger partial charge in [-0.2, -0.15) is 0 Å². The maximum Gasteiger partial charge on any atom is 0.115 e. The van der Waals surface area contributed by atoms with E-state index in [9.17, 15) is 5.11 Å². The Bertz CT molecular complexity index is 531. The van der Waals surface area contributed by atoms with Gasteiger partial charge in [-0.25, -0.2) is 0 Å². The zero-order valence-corrected chi connectivity index (χ0v) is 10.5. The topological polar surface area (TPSA) is 20.2 Å². The van der Waals surface area contributed by atoms with Gasteiger partial charge in [0.05, 0.1) is 0 Å². The Balaban J connectivity index is 1.73. The molecule has 0 saturated heterocycles. The molecule has 2 aromatic rings. The second kappa shape index (κ2) is 4.85. The van der Waals surface area contributed by atoms with Crippen molar-refractivity contribution in [1.82, 2.24) is 0 Å². The fraction of sp³-hybridized carbons (Fsp3) is 0.294. The molecule has 0 radical (unpaired) electrons. The highest BCUT2D eigenvalue weighted by Crippen LogP contribution is 2.29. The molecule has 0 heterocycles. The predicted octanol–water partition coefficient (Wildman–Crippen LogP) is 3.74. The van der Waals surface area contributed by atoms with Gasteiger partial charge in [-0.1, -0.05) is 36.4 Å². The van der Waals surface area contributed by atoms with Gasteiger partial charge in [0.2, 0.25) is 0 Å². The van der Waals surface area contributed by atoms with Crippen LogP contribution in [0.15, 0.2) is 48.5 Å². The summed E-state index contributed by atoms with van der Waals surface area (Å²) in [6.07, 6.45) is 4.64. The van der Waals surface area contributed by atoms with Crippen LogP contribution in [0.5, 0.6) is 5.75 Å². The summed E-state index contributed by atoms with van der Waals surface area (Å²) in [4.78, 5) is 0. The van der Waals surface area contributed by atoms with Crippen LogP contribution in [-0.4, -0.2) is 5.11 Å². The third-order valence-corrected chi connectivity index (χ3v) is 3.89. The van der Waals surface area contributed by atoms with E-state index in [1.54, 1.807) is 0 Å². The van der Waals surface area contributed by atoms with E-state index < -0.39 is 0 Å². The normalized spacial score (nSPS) is 18.3. The van der Waals surface area contributed by atoms with E-state index in [0.29, 0.717) is 5.75 Å². The number of aromatic hydroxyl groups is 1. The number of hydrogen-bond donors (Lipinski definition) is 1. The molecule has 1 heteroatoms. The van der Waals surface area contributed by atoms with Gasteiger partial charge in [0.25, 0.3) is 0 Å². The Morgan fingerprint density at radius 1 is 1.00 bits per heavy atom. The van der Waals surface area contributed by atoms with Gasteiger partial charge < -0.3 is 5.11 Å². The van der Waals surface area contributed by atoms with Crippen molar-refractivity contribution in [1.29, 1.82) is 0 Å². The highest BCUT2D eigenvalue weighted by molar-refractivity contribution is 5.37. The fourth-order valence-electron chi connectivity index (χ4n) is 2.94. The maximum atomic E-state index is 9.49. The molecule has 1 atom stereocenters. The molecule has 2 aromatic carbocycles. The summed E-state index contributed by atoms with van der Waals surface area (Å²) in [5.74, 6) is 1.14. The number of benzene rings is 2. The van der Waals surface area contributed by atoms with E-state index in [1.807, 2.05) is 12.1 Å². The number of fused-ring (bicyclic) bond motifs is 1. The van der Waals surface area contributed by atoms with Gasteiger partial charge in [-0.15, -0.1) is 0 Å². The summed E-state index contributed by atoms with van der Waals surface area (Å²) in [5.41, 5.74) is 4.18. The molecule has 0 aromatic heterocycles. The molecular weight excluding hydrogens is 220 g/mol. The van der Waals surface area contributed by atoms with Crippen molar-refractivity contribution in [3.05, 3.63) is 65.2 Å². The third kappa shape index (κ3) is 2.40. The Hall–Kier alpha value is -1.76. The number of aryl methyl sites for hydroxylation is 1. The van der Waals surface area contributed by atoms with Crippen LogP contribution in [-0.2, 0) is 19.3 Å². The summed E-state index contributed by atoms with van der Waals surface area (Å²) >= 11 is 0. The number of phenolic OH excluding ortho intramolecular Hbond substituents is 1. The second-order valence-electron chi connectivity index (χ2n) is 5.25. The number of rotatable bonds is 2. The highest BCUT2D eigenvalue weighted by atomic mass is 16.3. The molecule has 1 aliphatic rings. The van der Waals surface area contributed by atoms with E-state index in [-0.39, 0.29) is 0 Å². The molecule has 18 heavy (non-hydrogen) atoms. The third-order valence-electron chi connectivity index (χ3n) is 3.89. The van der Waals surface area contributed by atoms with Crippen molar-refractivity contribution in [2.75, 3.05) is 0 Å². The average Bonchev–Trinajstić information content (AvgIpc) is 2.40. The van der Waals surface area contributed by atoms with Crippen molar-refractivity contribution in [2.24, 2.45) is 5.92 Å². The lowest BCUT2D eigenvalue weighted by molar-refractivity contribution is 0.447. The highest BCUT2D eigenvalue weighted by Gasteiger charge is 2.19. The summed E-state index contributed by atoms with van der Waals surface area (Å²) in [7, 11) is 0. The largest absolute Gasteiger partial charge is 0.508 e. The molecule has 0 aliphatic heterocycles. The molecule has 1 aliphatic carbocycles. The van der Waals surface area contributed by atoms with Gasteiger partial charge in [0.1, 0.15) is 5.75 Å². The predicted molar refractivity (Wildman–Crippen MR) is 73.8 cm³/mol. The summed E-state index contributed by atoms with van der Waals surface area (Å²) in [5, 5.41) is 9.49. The first kappa shape index (κ1) is 11.3. The first-order valence-corrected chi connectivity index (χ1v) is 6.66. The zero-order chi connectivity index (χ0) is 12.4. The van der Waals surface area contributed by atoms with E-state index in [4.69, 9.17) is 0 Å². The fourth-order valence-corrected chi connectivity index (χ4v) is 2.94. The van der Waals surface area contributed by atoms with E-state index in [2.05, 4.69) is 36.4 Å². The summed E-state index contributed by atoms with van der Waals surface area (Å²) in [6.45, 7) is 0. The number of phenols is 1. The lowest BCUT2D eigenvalue weighted by Gasteiger charge is -2.24. The quantitative estimate of drug-likeness (QED) is 0.845. The molecule has 0 spiro atoms. The molecule has 0 unspecified atom stereocenters. The Kier molecular flexibility index (Phi) is 3.06. The van der Waals surface area contributed by atoms with Crippen molar-refractivity contribution in [3.63, 3.8) is 0 Å². The van der Waals surface area contributed by atoms with Crippen LogP contribution in [0.2, 0.25) is 0 Å². The van der Waals surface area contributed by atoms with Crippen molar-refractivity contribution in [2.45, 2.75) is 25.7 Å². The van der Waals surface area contributed by atoms with Gasteiger partial charge in [-0.3, -0.25) is 0 Å². The minimum absolute atomic E-state index is 0.398. The Morgan fingerprint density at radius 3 is 2.67 bits per heavy atom. The molecule has 92 valence electrons. The molecule has 3 rings (SSSR count). The summed E-state index contributed by atoms with van der Waals surface area (Å²) in [6, 6.07) is 16.6. The summed E-state index contributed by atoms with van der Waals surface area (Å²) < 4.78 is 0. The minimum Gasteiger partial charge on any atom is -0.508 e. The molecule has 0 fully saturated rings. The molecule has 0 saturated carbocycles. The molecular formula is C17H18O. The van der Waals surface area contributed by atoms with Gasteiger partial charge >= 0.3 is 0 Å². The lowest BCUT2D eigenvalue weighted by atomic mass is 9.81. The van der Waals surface area contributed by atoms with Crippen molar-refractivity contribution >= 4 is 0 Å². The van der Waals surface area contributed by atoms with Crippen LogP contribution in [0.3, 0.4) is 0 Å². The van der Waals surface area contributed by atoms with Crippen LogP contribution in [0, 0.1) is 5.92 Å². The second-order valence-corrected chi connectivity index (χ2v) is 5.25. The first-order chi connectivity index (χ1) is 8.81. The lowest BCUT2D eigenvalue weighted by Crippen LogP contribution is -2.16. The van der Waals surface area contributed by atoms with Crippen LogP contribution < -0.4 is 0 Å². The molecule has 0 amide bonds. The van der Waals surface area contributed by atoms with Gasteiger partial charge in [0.15, 0.2) is 0 Å². The van der Waals surface area contributed by atoms with E-state index in [0.717, 1.165) is 18.8 Å². The van der Waals surface area contributed by atoms with Crippen LogP contribution >= 0.6 is 0 Å².